The second-order valence-corrected chi connectivity index (χ2v) is 8.66. The Labute approximate surface area is 161 Å². The van der Waals surface area contributed by atoms with Gasteiger partial charge in [-0.1, -0.05) is 6.92 Å². The Morgan fingerprint density at radius 3 is 2.26 bits per heavy atom. The van der Waals surface area contributed by atoms with Crippen LogP contribution in [0.2, 0.25) is 0 Å². The second kappa shape index (κ2) is 8.00. The van der Waals surface area contributed by atoms with E-state index in [1.807, 2.05) is 20.8 Å². The van der Waals surface area contributed by atoms with Gasteiger partial charge in [0.2, 0.25) is 0 Å². The van der Waals surface area contributed by atoms with Crippen molar-refractivity contribution in [3.8, 4) is 5.75 Å². The number of aryl methyl sites for hydroxylation is 1. The van der Waals surface area contributed by atoms with E-state index < -0.39 is 10.0 Å². The van der Waals surface area contributed by atoms with Crippen LogP contribution >= 0.6 is 0 Å². The number of hydrogen-bond acceptors (Lipinski definition) is 4. The van der Waals surface area contributed by atoms with Crippen LogP contribution in [0.1, 0.15) is 43.1 Å². The van der Waals surface area contributed by atoms with Gasteiger partial charge in [-0.25, -0.2) is 8.42 Å². The van der Waals surface area contributed by atoms with Crippen molar-refractivity contribution in [2.75, 3.05) is 11.8 Å². The molecule has 2 aromatic rings. The highest BCUT2D eigenvalue weighted by atomic mass is 32.2. The summed E-state index contributed by atoms with van der Waals surface area (Å²) in [5.74, 6) is 0.402. The average molecular weight is 391 g/mol. The molecule has 0 saturated carbocycles. The second-order valence-electron chi connectivity index (χ2n) is 7.01. The third-order valence-corrected chi connectivity index (χ3v) is 5.95. The number of anilines is 1. The van der Waals surface area contributed by atoms with E-state index in [9.17, 15) is 13.2 Å². The minimum Gasteiger partial charge on any atom is -0.497 e. The minimum absolute atomic E-state index is 0.176. The van der Waals surface area contributed by atoms with Gasteiger partial charge in [-0.15, -0.1) is 0 Å². The molecule has 0 saturated heterocycles. The highest BCUT2D eigenvalue weighted by molar-refractivity contribution is 7.92. The summed E-state index contributed by atoms with van der Waals surface area (Å²) in [6.07, 6.45) is 0.803. The number of sulfonamides is 1. The first-order valence-electron chi connectivity index (χ1n) is 8.68. The number of ether oxygens (including phenoxy) is 1. The van der Waals surface area contributed by atoms with Gasteiger partial charge in [0.25, 0.3) is 15.9 Å². The van der Waals surface area contributed by atoms with Crippen LogP contribution in [0.3, 0.4) is 0 Å². The van der Waals surface area contributed by atoms with Crippen LogP contribution in [-0.2, 0) is 10.0 Å². The third kappa shape index (κ3) is 5.23. The summed E-state index contributed by atoms with van der Waals surface area (Å²) < 4.78 is 32.9. The van der Waals surface area contributed by atoms with Gasteiger partial charge in [-0.2, -0.15) is 0 Å². The van der Waals surface area contributed by atoms with Gasteiger partial charge in [-0.3, -0.25) is 9.52 Å². The average Bonchev–Trinajstić information content (AvgIpc) is 2.61. The Morgan fingerprint density at radius 1 is 1.11 bits per heavy atom. The van der Waals surface area contributed by atoms with Crippen molar-refractivity contribution in [3.05, 3.63) is 53.6 Å². The van der Waals surface area contributed by atoms with Gasteiger partial charge < -0.3 is 10.1 Å². The van der Waals surface area contributed by atoms with E-state index in [2.05, 4.69) is 10.0 Å². The van der Waals surface area contributed by atoms with Gasteiger partial charge in [-0.05, 0) is 75.2 Å². The molecule has 7 heteroatoms. The maximum absolute atomic E-state index is 12.6. The fraction of sp³-hybridized carbons (Fsp3) is 0.350. The fourth-order valence-electron chi connectivity index (χ4n) is 2.42. The molecule has 0 fully saturated rings. The molecule has 6 nitrogen and oxygen atoms in total. The standard InChI is InChI=1S/C20H26N2O4S/c1-6-20(3,4)21-19(23)15-7-9-16(10-8-15)22-27(24,25)18-12-11-17(26-5)13-14(18)2/h7-13,22H,6H2,1-5H3,(H,21,23). The van der Waals surface area contributed by atoms with E-state index in [-0.39, 0.29) is 16.3 Å². The summed E-state index contributed by atoms with van der Waals surface area (Å²) >= 11 is 0. The Bertz CT molecular complexity index is 919. The first-order valence-corrected chi connectivity index (χ1v) is 10.2. The molecular weight excluding hydrogens is 364 g/mol. The highest BCUT2D eigenvalue weighted by Gasteiger charge is 2.20. The van der Waals surface area contributed by atoms with Crippen LogP contribution in [-0.4, -0.2) is 27.0 Å². The molecule has 0 spiro atoms. The van der Waals surface area contributed by atoms with Crippen molar-refractivity contribution >= 4 is 21.6 Å². The van der Waals surface area contributed by atoms with Crippen molar-refractivity contribution in [2.45, 2.75) is 44.6 Å². The maximum atomic E-state index is 12.6. The lowest BCUT2D eigenvalue weighted by molar-refractivity contribution is 0.0911. The van der Waals surface area contributed by atoms with Crippen molar-refractivity contribution in [1.82, 2.24) is 5.32 Å². The van der Waals surface area contributed by atoms with Gasteiger partial charge >= 0.3 is 0 Å². The normalized spacial score (nSPS) is 11.7. The number of carbonyl (C=O) groups is 1. The van der Waals surface area contributed by atoms with E-state index in [0.717, 1.165) is 6.42 Å². The van der Waals surface area contributed by atoms with Crippen LogP contribution in [0, 0.1) is 6.92 Å². The molecule has 27 heavy (non-hydrogen) atoms. The van der Waals surface area contributed by atoms with Gasteiger partial charge in [0.15, 0.2) is 0 Å². The summed E-state index contributed by atoms with van der Waals surface area (Å²) in [6, 6.07) is 11.1. The molecule has 0 unspecified atom stereocenters. The molecule has 2 N–H and O–H groups in total. The van der Waals surface area contributed by atoms with Crippen molar-refractivity contribution in [3.63, 3.8) is 0 Å². The molecule has 0 heterocycles. The van der Waals surface area contributed by atoms with Crippen molar-refractivity contribution in [1.29, 1.82) is 0 Å². The van der Waals surface area contributed by atoms with E-state index in [4.69, 9.17) is 4.74 Å². The number of nitrogens with one attached hydrogen (secondary N) is 2. The molecule has 0 bridgehead atoms. The largest absolute Gasteiger partial charge is 0.497 e. The molecule has 0 radical (unpaired) electrons. The summed E-state index contributed by atoms with van der Waals surface area (Å²) in [6.45, 7) is 7.61. The first kappa shape index (κ1) is 20.8. The molecule has 0 aliphatic rings. The topological polar surface area (TPSA) is 84.5 Å². The van der Waals surface area contributed by atoms with Crippen LogP contribution in [0.4, 0.5) is 5.69 Å². The summed E-state index contributed by atoms with van der Waals surface area (Å²) in [4.78, 5) is 12.5. The van der Waals surface area contributed by atoms with Crippen molar-refractivity contribution in [2.24, 2.45) is 0 Å². The van der Waals surface area contributed by atoms with Crippen LogP contribution in [0.25, 0.3) is 0 Å². The molecule has 146 valence electrons. The van der Waals surface area contributed by atoms with Gasteiger partial charge in [0, 0.05) is 16.8 Å². The third-order valence-electron chi connectivity index (χ3n) is 4.41. The maximum Gasteiger partial charge on any atom is 0.262 e. The molecule has 0 aliphatic carbocycles. The number of rotatable bonds is 7. The summed E-state index contributed by atoms with van der Waals surface area (Å²) in [5.41, 5.74) is 1.14. The molecule has 0 aliphatic heterocycles. The first-order chi connectivity index (χ1) is 12.6. The zero-order valence-corrected chi connectivity index (χ0v) is 17.1. The smallest absolute Gasteiger partial charge is 0.262 e. The molecule has 2 rings (SSSR count). The monoisotopic (exact) mass is 390 g/mol. The number of amides is 1. The lowest BCUT2D eigenvalue weighted by Gasteiger charge is -2.24. The van der Waals surface area contributed by atoms with E-state index in [1.54, 1.807) is 43.3 Å². The van der Waals surface area contributed by atoms with Gasteiger partial charge in [0.05, 0.1) is 12.0 Å². The minimum atomic E-state index is -3.74. The zero-order chi connectivity index (χ0) is 20.2. The molecule has 2 aromatic carbocycles. The number of benzene rings is 2. The molecule has 1 amide bonds. The Balaban J connectivity index is 2.17. The fourth-order valence-corrected chi connectivity index (χ4v) is 3.70. The van der Waals surface area contributed by atoms with Gasteiger partial charge in [0.1, 0.15) is 5.75 Å². The quantitative estimate of drug-likeness (QED) is 0.755. The van der Waals surface area contributed by atoms with Crippen molar-refractivity contribution < 1.29 is 17.9 Å². The van der Waals surface area contributed by atoms with Crippen LogP contribution in [0.15, 0.2) is 47.4 Å². The number of hydrogen-bond donors (Lipinski definition) is 2. The van der Waals surface area contributed by atoms with Crippen LogP contribution < -0.4 is 14.8 Å². The van der Waals surface area contributed by atoms with Crippen LogP contribution in [0.5, 0.6) is 5.75 Å². The zero-order valence-electron chi connectivity index (χ0n) is 16.3. The Morgan fingerprint density at radius 2 is 1.74 bits per heavy atom. The lowest BCUT2D eigenvalue weighted by atomic mass is 10.0. The summed E-state index contributed by atoms with van der Waals surface area (Å²) in [7, 11) is -2.21. The predicted molar refractivity (Wildman–Crippen MR) is 107 cm³/mol. The Kier molecular flexibility index (Phi) is 6.15. The molecule has 0 aromatic heterocycles. The summed E-state index contributed by atoms with van der Waals surface area (Å²) in [5, 5.41) is 2.94. The van der Waals surface area contributed by atoms with E-state index in [0.29, 0.717) is 22.6 Å². The molecular formula is C20H26N2O4S. The Hall–Kier alpha value is -2.54. The molecule has 0 atom stereocenters. The highest BCUT2D eigenvalue weighted by Crippen LogP contribution is 2.23. The lowest BCUT2D eigenvalue weighted by Crippen LogP contribution is -2.42. The van der Waals surface area contributed by atoms with E-state index >= 15 is 0 Å². The van der Waals surface area contributed by atoms with E-state index in [1.165, 1.54) is 13.2 Å². The SMILES string of the molecule is CCC(C)(C)NC(=O)c1ccc(NS(=O)(=O)c2ccc(OC)cc2C)cc1. The number of methoxy groups -OCH3 is 1. The predicted octanol–water partition coefficient (Wildman–Crippen LogP) is 3.72. The number of carbonyl (C=O) groups excluding carboxylic acids is 1.